The van der Waals surface area contributed by atoms with Gasteiger partial charge in [-0.25, -0.2) is 0 Å². The molecule has 0 atom stereocenters. The second-order valence-corrected chi connectivity index (χ2v) is 6.54. The average molecular weight is 346 g/mol. The van der Waals surface area contributed by atoms with Gasteiger partial charge in [0, 0.05) is 6.92 Å². The Labute approximate surface area is 143 Å². The predicted octanol–water partition coefficient (Wildman–Crippen LogP) is 5.81. The van der Waals surface area contributed by atoms with Crippen LogP contribution in [0.3, 0.4) is 0 Å². The summed E-state index contributed by atoms with van der Waals surface area (Å²) in [5.74, 6) is -0.414. The monoisotopic (exact) mass is 346 g/mol. The van der Waals surface area contributed by atoms with Gasteiger partial charge in [-0.15, -0.1) is 0 Å². The summed E-state index contributed by atoms with van der Waals surface area (Å²) in [6.45, 7) is 4.82. The molecule has 130 valence electrons. The molecular weight excluding hydrogens is 329 g/mol. The molecule has 2 nitrogen and oxygen atoms in total. The summed E-state index contributed by atoms with van der Waals surface area (Å²) in [5.41, 5.74) is -0.797. The molecule has 0 heterocycles. The molecule has 0 amide bonds. The van der Waals surface area contributed by atoms with E-state index in [9.17, 15) is 18.0 Å². The fraction of sp³-hybridized carbons (Fsp3) is 0.250. The van der Waals surface area contributed by atoms with E-state index in [4.69, 9.17) is 4.74 Å². The first-order chi connectivity index (χ1) is 11.6. The second kappa shape index (κ2) is 5.76. The summed E-state index contributed by atoms with van der Waals surface area (Å²) in [4.78, 5) is 11.3. The number of halogens is 3. The van der Waals surface area contributed by atoms with Crippen LogP contribution in [-0.4, -0.2) is 5.97 Å². The minimum Gasteiger partial charge on any atom is -0.455 e. The van der Waals surface area contributed by atoms with Crippen LogP contribution in [0.25, 0.3) is 21.5 Å². The number of esters is 1. The molecule has 0 aliphatic heterocycles. The zero-order valence-corrected chi connectivity index (χ0v) is 14.1. The highest BCUT2D eigenvalue weighted by atomic mass is 19.4. The van der Waals surface area contributed by atoms with Crippen molar-refractivity contribution in [1.29, 1.82) is 0 Å². The fourth-order valence-corrected chi connectivity index (χ4v) is 3.06. The quantitative estimate of drug-likeness (QED) is 0.432. The van der Waals surface area contributed by atoms with Gasteiger partial charge in [0.25, 0.3) is 0 Å². The molecule has 0 N–H and O–H groups in total. The fourth-order valence-electron chi connectivity index (χ4n) is 3.06. The van der Waals surface area contributed by atoms with Crippen molar-refractivity contribution >= 4 is 27.5 Å². The van der Waals surface area contributed by atoms with Crippen molar-refractivity contribution in [3.8, 4) is 0 Å². The molecule has 0 aliphatic rings. The van der Waals surface area contributed by atoms with Gasteiger partial charge in [-0.2, -0.15) is 13.2 Å². The Morgan fingerprint density at radius 1 is 0.920 bits per heavy atom. The van der Waals surface area contributed by atoms with Gasteiger partial charge in [0.15, 0.2) is 0 Å². The lowest BCUT2D eigenvalue weighted by Gasteiger charge is -2.25. The third-order valence-electron chi connectivity index (χ3n) is 4.24. The highest BCUT2D eigenvalue weighted by Gasteiger charge is 2.32. The molecule has 0 spiro atoms. The summed E-state index contributed by atoms with van der Waals surface area (Å²) in [7, 11) is 0. The molecule has 0 aliphatic carbocycles. The van der Waals surface area contributed by atoms with Gasteiger partial charge in [-0.3, -0.25) is 4.79 Å². The van der Waals surface area contributed by atoms with Crippen molar-refractivity contribution in [2.24, 2.45) is 0 Å². The standard InChI is InChI=1S/C20H17F3O2/c1-12(24)25-19(2,3)16-8-7-13-9-14-5-4-6-18(20(21,22)23)17(14)11-15(13)10-16/h4-11H,1-3H3. The summed E-state index contributed by atoms with van der Waals surface area (Å²) in [5, 5.41) is 2.19. The summed E-state index contributed by atoms with van der Waals surface area (Å²) in [6, 6.07) is 12.9. The Bertz CT molecular complexity index is 972. The zero-order chi connectivity index (χ0) is 18.4. The topological polar surface area (TPSA) is 26.3 Å². The Hall–Kier alpha value is -2.56. The van der Waals surface area contributed by atoms with E-state index in [0.29, 0.717) is 10.8 Å². The van der Waals surface area contributed by atoms with Crippen LogP contribution in [-0.2, 0) is 21.3 Å². The van der Waals surface area contributed by atoms with Crippen LogP contribution in [0.5, 0.6) is 0 Å². The largest absolute Gasteiger partial charge is 0.455 e. The number of fused-ring (bicyclic) bond motifs is 2. The highest BCUT2D eigenvalue weighted by molar-refractivity contribution is 6.00. The highest BCUT2D eigenvalue weighted by Crippen LogP contribution is 2.37. The number of carbonyl (C=O) groups excluding carboxylic acids is 1. The molecule has 0 saturated carbocycles. The molecule has 3 aromatic rings. The number of hydrogen-bond donors (Lipinski definition) is 0. The first-order valence-corrected chi connectivity index (χ1v) is 7.82. The van der Waals surface area contributed by atoms with E-state index in [1.54, 1.807) is 38.1 Å². The molecule has 5 heteroatoms. The van der Waals surface area contributed by atoms with E-state index >= 15 is 0 Å². The molecule has 3 aromatic carbocycles. The number of hydrogen-bond acceptors (Lipinski definition) is 2. The zero-order valence-electron chi connectivity index (χ0n) is 14.1. The Balaban J connectivity index is 2.22. The van der Waals surface area contributed by atoms with Gasteiger partial charge in [-0.05, 0) is 65.2 Å². The van der Waals surface area contributed by atoms with Crippen LogP contribution in [0, 0.1) is 0 Å². The van der Waals surface area contributed by atoms with Crippen molar-refractivity contribution in [3.05, 3.63) is 59.7 Å². The van der Waals surface area contributed by atoms with Gasteiger partial charge >= 0.3 is 12.1 Å². The maximum atomic E-state index is 13.3. The molecular formula is C20H17F3O2. The Kier molecular flexibility index (Phi) is 3.98. The lowest BCUT2D eigenvalue weighted by molar-refractivity contribution is -0.154. The van der Waals surface area contributed by atoms with Crippen molar-refractivity contribution in [1.82, 2.24) is 0 Å². The number of ether oxygens (including phenoxy) is 1. The van der Waals surface area contributed by atoms with E-state index in [0.717, 1.165) is 17.0 Å². The smallest absolute Gasteiger partial charge is 0.417 e. The normalized spacial score (nSPS) is 12.6. The lowest BCUT2D eigenvalue weighted by atomic mass is 9.93. The summed E-state index contributed by atoms with van der Waals surface area (Å²) >= 11 is 0. The number of benzene rings is 3. The molecule has 0 fully saturated rings. The van der Waals surface area contributed by atoms with Crippen molar-refractivity contribution in [2.75, 3.05) is 0 Å². The maximum absolute atomic E-state index is 13.3. The third-order valence-corrected chi connectivity index (χ3v) is 4.24. The van der Waals surface area contributed by atoms with E-state index in [-0.39, 0.29) is 5.39 Å². The van der Waals surface area contributed by atoms with Crippen LogP contribution < -0.4 is 0 Å². The van der Waals surface area contributed by atoms with Crippen LogP contribution in [0.15, 0.2) is 48.5 Å². The number of carbonyl (C=O) groups is 1. The first-order valence-electron chi connectivity index (χ1n) is 7.82. The molecule has 0 unspecified atom stereocenters. The molecule has 0 radical (unpaired) electrons. The van der Waals surface area contributed by atoms with Crippen molar-refractivity contribution in [3.63, 3.8) is 0 Å². The Morgan fingerprint density at radius 2 is 1.64 bits per heavy atom. The van der Waals surface area contributed by atoms with Gasteiger partial charge in [0.05, 0.1) is 5.56 Å². The Morgan fingerprint density at radius 3 is 2.28 bits per heavy atom. The number of rotatable bonds is 2. The maximum Gasteiger partial charge on any atom is 0.417 e. The van der Waals surface area contributed by atoms with Crippen LogP contribution >= 0.6 is 0 Å². The van der Waals surface area contributed by atoms with E-state index in [1.165, 1.54) is 13.0 Å². The molecule has 0 saturated heterocycles. The van der Waals surface area contributed by atoms with Gasteiger partial charge in [0.1, 0.15) is 5.60 Å². The summed E-state index contributed by atoms with van der Waals surface area (Å²) < 4.78 is 45.1. The van der Waals surface area contributed by atoms with E-state index in [1.807, 2.05) is 12.1 Å². The molecule has 25 heavy (non-hydrogen) atoms. The first kappa shape index (κ1) is 17.3. The molecule has 3 rings (SSSR count). The van der Waals surface area contributed by atoms with E-state index < -0.39 is 23.3 Å². The van der Waals surface area contributed by atoms with Gasteiger partial charge in [0.2, 0.25) is 0 Å². The van der Waals surface area contributed by atoms with Crippen LogP contribution in [0.2, 0.25) is 0 Å². The lowest BCUT2D eigenvalue weighted by Crippen LogP contribution is -2.24. The minimum absolute atomic E-state index is 0.157. The van der Waals surface area contributed by atoms with Crippen LogP contribution in [0.1, 0.15) is 31.9 Å². The van der Waals surface area contributed by atoms with Gasteiger partial charge in [-0.1, -0.05) is 24.3 Å². The predicted molar refractivity (Wildman–Crippen MR) is 91.2 cm³/mol. The van der Waals surface area contributed by atoms with Crippen molar-refractivity contribution in [2.45, 2.75) is 32.5 Å². The van der Waals surface area contributed by atoms with Crippen molar-refractivity contribution < 1.29 is 22.7 Å². The second-order valence-electron chi connectivity index (χ2n) is 6.54. The third kappa shape index (κ3) is 3.31. The average Bonchev–Trinajstić information content (AvgIpc) is 2.49. The van der Waals surface area contributed by atoms with Crippen LogP contribution in [0.4, 0.5) is 13.2 Å². The minimum atomic E-state index is -4.41. The molecule has 0 aromatic heterocycles. The van der Waals surface area contributed by atoms with E-state index in [2.05, 4.69) is 0 Å². The van der Waals surface area contributed by atoms with Gasteiger partial charge < -0.3 is 4.74 Å². The number of alkyl halides is 3. The SMILES string of the molecule is CC(=O)OC(C)(C)c1ccc2cc3cccc(C(F)(F)F)c3cc2c1. The summed E-state index contributed by atoms with van der Waals surface area (Å²) in [6.07, 6.45) is -4.41. The molecule has 0 bridgehead atoms.